The molecule has 0 radical (unpaired) electrons. The maximum absolute atomic E-state index is 13.6. The lowest BCUT2D eigenvalue weighted by atomic mass is 9.69. The first-order chi connectivity index (χ1) is 11.6. The first kappa shape index (κ1) is 16.5. The van der Waals surface area contributed by atoms with E-state index < -0.39 is 11.8 Å². The van der Waals surface area contributed by atoms with Crippen LogP contribution < -0.4 is 4.74 Å². The van der Waals surface area contributed by atoms with Crippen LogP contribution in [0.2, 0.25) is 0 Å². The molecule has 1 N–H and O–H groups in total. The average Bonchev–Trinajstić information content (AvgIpc) is 2.53. The Morgan fingerprint density at radius 3 is 2.50 bits per heavy atom. The normalized spacial score (nSPS) is 19.6. The smallest absolute Gasteiger partial charge is 0.338 e. The van der Waals surface area contributed by atoms with Crippen LogP contribution in [0.5, 0.6) is 5.75 Å². The number of aromatic carboxylic acids is 1. The van der Waals surface area contributed by atoms with Crippen LogP contribution in [0, 0.1) is 11.7 Å². The van der Waals surface area contributed by atoms with Crippen LogP contribution in [-0.2, 0) is 6.61 Å². The van der Waals surface area contributed by atoms with Gasteiger partial charge < -0.3 is 9.84 Å². The summed E-state index contributed by atoms with van der Waals surface area (Å²) < 4.78 is 19.2. The molecule has 0 bridgehead atoms. The van der Waals surface area contributed by atoms with Crippen LogP contribution in [-0.4, -0.2) is 11.1 Å². The van der Waals surface area contributed by atoms with E-state index in [-0.39, 0.29) is 5.56 Å². The third-order valence-corrected chi connectivity index (χ3v) is 4.93. The highest BCUT2D eigenvalue weighted by molar-refractivity contribution is 5.88. The van der Waals surface area contributed by atoms with Gasteiger partial charge in [-0.25, -0.2) is 9.18 Å². The lowest BCUT2D eigenvalue weighted by Crippen LogP contribution is -2.22. The number of halogens is 1. The second kappa shape index (κ2) is 7.04. The quantitative estimate of drug-likeness (QED) is 0.811. The van der Waals surface area contributed by atoms with Gasteiger partial charge in [0.15, 0.2) is 0 Å². The van der Waals surface area contributed by atoms with E-state index in [1.807, 2.05) is 12.1 Å². The highest BCUT2D eigenvalue weighted by Crippen LogP contribution is 2.44. The number of hydrogen-bond acceptors (Lipinski definition) is 2. The van der Waals surface area contributed by atoms with E-state index in [0.29, 0.717) is 18.3 Å². The van der Waals surface area contributed by atoms with Gasteiger partial charge in [-0.2, -0.15) is 0 Å². The van der Waals surface area contributed by atoms with Gasteiger partial charge in [0.1, 0.15) is 18.2 Å². The molecule has 1 saturated carbocycles. The minimum Gasteiger partial charge on any atom is -0.489 e. The first-order valence-corrected chi connectivity index (χ1v) is 8.33. The van der Waals surface area contributed by atoms with Crippen LogP contribution in [0.4, 0.5) is 4.39 Å². The molecule has 2 aromatic carbocycles. The Labute approximate surface area is 141 Å². The van der Waals surface area contributed by atoms with Crippen molar-refractivity contribution in [1.82, 2.24) is 0 Å². The molecule has 126 valence electrons. The predicted molar refractivity (Wildman–Crippen MR) is 89.9 cm³/mol. The van der Waals surface area contributed by atoms with Gasteiger partial charge in [0, 0.05) is 6.07 Å². The van der Waals surface area contributed by atoms with E-state index in [4.69, 9.17) is 9.84 Å². The summed E-state index contributed by atoms with van der Waals surface area (Å²) in [4.78, 5) is 10.8. The molecular formula is C20H21FO3. The Balaban J connectivity index is 1.61. The van der Waals surface area contributed by atoms with E-state index in [1.165, 1.54) is 37.0 Å². The van der Waals surface area contributed by atoms with E-state index in [0.717, 1.165) is 17.5 Å². The molecule has 0 aliphatic heterocycles. The molecule has 0 heterocycles. The van der Waals surface area contributed by atoms with Gasteiger partial charge in [-0.3, -0.25) is 0 Å². The van der Waals surface area contributed by atoms with Crippen molar-refractivity contribution in [3.05, 3.63) is 65.0 Å². The fraction of sp³-hybridized carbons (Fsp3) is 0.350. The third kappa shape index (κ3) is 3.42. The molecule has 0 spiro atoms. The maximum Gasteiger partial charge on any atom is 0.338 e. The Bertz CT molecular complexity index is 722. The molecule has 24 heavy (non-hydrogen) atoms. The average molecular weight is 328 g/mol. The van der Waals surface area contributed by atoms with Gasteiger partial charge in [-0.05, 0) is 47.9 Å². The summed E-state index contributed by atoms with van der Waals surface area (Å²) in [6.45, 7) is 2.57. The van der Waals surface area contributed by atoms with Gasteiger partial charge in [0.2, 0.25) is 0 Å². The zero-order chi connectivity index (χ0) is 17.1. The van der Waals surface area contributed by atoms with Gasteiger partial charge in [-0.15, -0.1) is 0 Å². The van der Waals surface area contributed by atoms with Crippen molar-refractivity contribution in [3.63, 3.8) is 0 Å². The molecule has 4 heteroatoms. The van der Waals surface area contributed by atoms with E-state index >= 15 is 0 Å². The molecular weight excluding hydrogens is 307 g/mol. The van der Waals surface area contributed by atoms with Crippen molar-refractivity contribution >= 4 is 5.97 Å². The lowest BCUT2D eigenvalue weighted by molar-refractivity contribution is 0.0692. The number of carbonyl (C=O) groups is 1. The zero-order valence-electron chi connectivity index (χ0n) is 13.7. The molecule has 0 aromatic heterocycles. The number of benzene rings is 2. The highest BCUT2D eigenvalue weighted by atomic mass is 19.1. The highest BCUT2D eigenvalue weighted by Gasteiger charge is 2.30. The fourth-order valence-electron chi connectivity index (χ4n) is 3.28. The fourth-order valence-corrected chi connectivity index (χ4v) is 3.28. The molecule has 3 rings (SSSR count). The van der Waals surface area contributed by atoms with Crippen molar-refractivity contribution in [2.75, 3.05) is 0 Å². The second-order valence-corrected chi connectivity index (χ2v) is 6.33. The van der Waals surface area contributed by atoms with Crippen LogP contribution in [0.3, 0.4) is 0 Å². The minimum absolute atomic E-state index is 0.326. The minimum atomic E-state index is -1.28. The van der Waals surface area contributed by atoms with E-state index in [1.54, 1.807) is 0 Å². The van der Waals surface area contributed by atoms with Crippen molar-refractivity contribution in [3.8, 4) is 5.75 Å². The Kier molecular flexibility index (Phi) is 4.84. The molecule has 3 nitrogen and oxygen atoms in total. The van der Waals surface area contributed by atoms with Crippen molar-refractivity contribution in [2.24, 2.45) is 5.92 Å². The maximum atomic E-state index is 13.6. The summed E-state index contributed by atoms with van der Waals surface area (Å²) in [6, 6.07) is 12.2. The number of rotatable bonds is 6. The third-order valence-electron chi connectivity index (χ3n) is 4.93. The number of carboxylic acids is 1. The first-order valence-electron chi connectivity index (χ1n) is 8.33. The van der Waals surface area contributed by atoms with Crippen LogP contribution in [0.25, 0.3) is 0 Å². The largest absolute Gasteiger partial charge is 0.489 e. The van der Waals surface area contributed by atoms with Gasteiger partial charge in [-0.1, -0.05) is 37.6 Å². The second-order valence-electron chi connectivity index (χ2n) is 6.33. The molecule has 1 aliphatic carbocycles. The summed E-state index contributed by atoms with van der Waals surface area (Å²) in [5.74, 6) is -0.251. The summed E-state index contributed by atoms with van der Waals surface area (Å²) in [5.41, 5.74) is 2.04. The molecule has 1 fully saturated rings. The SMILES string of the molecule is CC[C@@H]1CCC1c1ccc(COc2ccc(C(=O)O)c(F)c2)cc1. The Morgan fingerprint density at radius 1 is 1.21 bits per heavy atom. The van der Waals surface area contributed by atoms with Crippen molar-refractivity contribution in [2.45, 2.75) is 38.7 Å². The predicted octanol–water partition coefficient (Wildman–Crippen LogP) is 5.01. The monoisotopic (exact) mass is 328 g/mol. The Hall–Kier alpha value is -2.36. The van der Waals surface area contributed by atoms with Gasteiger partial charge in [0.05, 0.1) is 5.56 Å². The molecule has 0 saturated heterocycles. The summed E-state index contributed by atoms with van der Waals surface area (Å²) in [5, 5.41) is 8.82. The van der Waals surface area contributed by atoms with Crippen molar-refractivity contribution in [1.29, 1.82) is 0 Å². The van der Waals surface area contributed by atoms with Crippen molar-refractivity contribution < 1.29 is 19.0 Å². The number of ether oxygens (including phenoxy) is 1. The zero-order valence-corrected chi connectivity index (χ0v) is 13.7. The van der Waals surface area contributed by atoms with Crippen LogP contribution in [0.15, 0.2) is 42.5 Å². The lowest BCUT2D eigenvalue weighted by Gasteiger charge is -2.36. The number of carboxylic acid groups (broad SMARTS) is 1. The number of hydrogen-bond donors (Lipinski definition) is 1. The molecule has 1 unspecified atom stereocenters. The van der Waals surface area contributed by atoms with Crippen LogP contribution in [0.1, 0.15) is 53.6 Å². The molecule has 2 atom stereocenters. The Morgan fingerprint density at radius 2 is 1.96 bits per heavy atom. The van der Waals surface area contributed by atoms with Gasteiger partial charge >= 0.3 is 5.97 Å². The van der Waals surface area contributed by atoms with E-state index in [9.17, 15) is 9.18 Å². The van der Waals surface area contributed by atoms with Gasteiger partial charge in [0.25, 0.3) is 0 Å². The molecule has 0 amide bonds. The summed E-state index contributed by atoms with van der Waals surface area (Å²) in [7, 11) is 0. The standard InChI is InChI=1S/C20H21FO3/c1-2-14-7-9-17(14)15-5-3-13(4-6-15)12-24-16-8-10-18(20(22)23)19(21)11-16/h3-6,8,10-11,14,17H,2,7,9,12H2,1H3,(H,22,23)/t14-,17?/m1/s1. The van der Waals surface area contributed by atoms with Crippen LogP contribution >= 0.6 is 0 Å². The summed E-state index contributed by atoms with van der Waals surface area (Å²) in [6.07, 6.45) is 3.82. The summed E-state index contributed by atoms with van der Waals surface area (Å²) >= 11 is 0. The molecule has 2 aromatic rings. The molecule has 1 aliphatic rings. The topological polar surface area (TPSA) is 46.5 Å². The van der Waals surface area contributed by atoms with E-state index in [2.05, 4.69) is 19.1 Å².